The molecule has 1 aromatic carbocycles. The van der Waals surface area contributed by atoms with E-state index in [0.29, 0.717) is 17.9 Å². The predicted octanol–water partition coefficient (Wildman–Crippen LogP) is 3.36. The average molecular weight is 288 g/mol. The smallest absolute Gasteiger partial charge is 0.251 e. The Balaban J connectivity index is 2.88. The van der Waals surface area contributed by atoms with Gasteiger partial charge in [-0.3, -0.25) is 4.79 Å². The van der Waals surface area contributed by atoms with E-state index in [1.165, 1.54) is 25.3 Å². The van der Waals surface area contributed by atoms with Gasteiger partial charge in [0.2, 0.25) is 0 Å². The number of halogens is 2. The van der Waals surface area contributed by atoms with Gasteiger partial charge in [0.05, 0.1) is 7.11 Å². The normalized spacial score (nSPS) is 13.7. The topological polar surface area (TPSA) is 38.3 Å². The number of carbonyl (C=O) groups excluding carboxylic acids is 1. The van der Waals surface area contributed by atoms with Gasteiger partial charge in [-0.05, 0) is 38.0 Å². The first kappa shape index (κ1) is 15.8. The standard InChI is InChI=1S/C14H19ClFNO2/c1-4-14(2,7-8-15)17-13(18)10-5-6-11(16)12(9-10)19-3/h5-6,9H,4,7-8H2,1-3H3,(H,17,18). The summed E-state index contributed by atoms with van der Waals surface area (Å²) in [7, 11) is 1.36. The lowest BCUT2D eigenvalue weighted by Crippen LogP contribution is -2.45. The van der Waals surface area contributed by atoms with Crippen molar-refractivity contribution in [2.24, 2.45) is 0 Å². The number of ether oxygens (including phenoxy) is 1. The second kappa shape index (κ2) is 6.75. The summed E-state index contributed by atoms with van der Waals surface area (Å²) < 4.78 is 18.1. The second-order valence-corrected chi connectivity index (χ2v) is 5.03. The van der Waals surface area contributed by atoms with Gasteiger partial charge >= 0.3 is 0 Å². The minimum absolute atomic E-state index is 0.0585. The Bertz CT molecular complexity index is 453. The fourth-order valence-electron chi connectivity index (χ4n) is 1.68. The third kappa shape index (κ3) is 4.10. The fraction of sp³-hybridized carbons (Fsp3) is 0.500. The predicted molar refractivity (Wildman–Crippen MR) is 74.5 cm³/mol. The molecule has 106 valence electrons. The molecule has 0 aliphatic carbocycles. The second-order valence-electron chi connectivity index (χ2n) is 4.66. The van der Waals surface area contributed by atoms with E-state index in [4.69, 9.17) is 16.3 Å². The van der Waals surface area contributed by atoms with Crippen LogP contribution < -0.4 is 10.1 Å². The summed E-state index contributed by atoms with van der Waals surface area (Å²) in [6.45, 7) is 3.92. The summed E-state index contributed by atoms with van der Waals surface area (Å²) in [5.41, 5.74) is 0.00739. The SMILES string of the molecule is CCC(C)(CCCl)NC(=O)c1ccc(F)c(OC)c1. The Hall–Kier alpha value is -1.29. The quantitative estimate of drug-likeness (QED) is 0.815. The maximum Gasteiger partial charge on any atom is 0.251 e. The van der Waals surface area contributed by atoms with Gasteiger partial charge in [0.25, 0.3) is 5.91 Å². The number of methoxy groups -OCH3 is 1. The van der Waals surface area contributed by atoms with Crippen LogP contribution in [-0.2, 0) is 0 Å². The van der Waals surface area contributed by atoms with Crippen LogP contribution in [0, 0.1) is 5.82 Å². The maximum atomic E-state index is 13.3. The fourth-order valence-corrected chi connectivity index (χ4v) is 2.10. The van der Waals surface area contributed by atoms with Gasteiger partial charge < -0.3 is 10.1 Å². The molecule has 0 spiro atoms. The van der Waals surface area contributed by atoms with Crippen molar-refractivity contribution < 1.29 is 13.9 Å². The van der Waals surface area contributed by atoms with E-state index in [-0.39, 0.29) is 17.2 Å². The zero-order valence-electron chi connectivity index (χ0n) is 11.4. The number of amides is 1. The lowest BCUT2D eigenvalue weighted by Gasteiger charge is -2.29. The highest BCUT2D eigenvalue weighted by Gasteiger charge is 2.24. The van der Waals surface area contributed by atoms with Crippen LogP contribution >= 0.6 is 11.6 Å². The number of nitrogens with one attached hydrogen (secondary N) is 1. The van der Waals surface area contributed by atoms with Crippen molar-refractivity contribution >= 4 is 17.5 Å². The van der Waals surface area contributed by atoms with E-state index in [9.17, 15) is 9.18 Å². The lowest BCUT2D eigenvalue weighted by atomic mass is 9.95. The van der Waals surface area contributed by atoms with Gasteiger partial charge in [-0.2, -0.15) is 0 Å². The lowest BCUT2D eigenvalue weighted by molar-refractivity contribution is 0.0901. The molecular weight excluding hydrogens is 269 g/mol. The molecule has 19 heavy (non-hydrogen) atoms. The molecule has 0 fully saturated rings. The highest BCUT2D eigenvalue weighted by Crippen LogP contribution is 2.20. The highest BCUT2D eigenvalue weighted by molar-refractivity contribution is 6.17. The summed E-state index contributed by atoms with van der Waals surface area (Å²) in [5, 5.41) is 2.93. The van der Waals surface area contributed by atoms with Gasteiger partial charge in [0.1, 0.15) is 0 Å². The third-order valence-corrected chi connectivity index (χ3v) is 3.44. The van der Waals surface area contributed by atoms with E-state index < -0.39 is 5.82 Å². The summed E-state index contributed by atoms with van der Waals surface area (Å²) in [6.07, 6.45) is 1.44. The third-order valence-electron chi connectivity index (χ3n) is 3.26. The van der Waals surface area contributed by atoms with Crippen molar-refractivity contribution in [2.75, 3.05) is 13.0 Å². The molecule has 0 aliphatic heterocycles. The largest absolute Gasteiger partial charge is 0.494 e. The first-order valence-corrected chi connectivity index (χ1v) is 6.71. The monoisotopic (exact) mass is 287 g/mol. The van der Waals surface area contributed by atoms with Crippen LogP contribution in [0.2, 0.25) is 0 Å². The molecule has 1 aromatic rings. The molecule has 1 unspecified atom stereocenters. The van der Waals surface area contributed by atoms with Gasteiger partial charge in [-0.25, -0.2) is 4.39 Å². The van der Waals surface area contributed by atoms with Gasteiger partial charge in [-0.1, -0.05) is 6.92 Å². The Kier molecular flexibility index (Phi) is 5.60. The molecule has 0 saturated heterocycles. The number of hydrogen-bond acceptors (Lipinski definition) is 2. The number of rotatable bonds is 6. The molecule has 1 N–H and O–H groups in total. The van der Waals surface area contributed by atoms with Crippen molar-refractivity contribution in [1.29, 1.82) is 0 Å². The summed E-state index contributed by atoms with van der Waals surface area (Å²) in [5.74, 6) is -0.216. The van der Waals surface area contributed by atoms with Crippen LogP contribution in [0.5, 0.6) is 5.75 Å². The van der Waals surface area contributed by atoms with Crippen molar-refractivity contribution in [2.45, 2.75) is 32.2 Å². The number of benzene rings is 1. The summed E-state index contributed by atoms with van der Waals surface area (Å²) >= 11 is 5.74. The average Bonchev–Trinajstić information content (AvgIpc) is 2.39. The van der Waals surface area contributed by atoms with Crippen molar-refractivity contribution in [1.82, 2.24) is 5.32 Å². The van der Waals surface area contributed by atoms with E-state index in [2.05, 4.69) is 5.32 Å². The molecule has 1 rings (SSSR count). The van der Waals surface area contributed by atoms with Crippen LogP contribution in [-0.4, -0.2) is 24.4 Å². The number of alkyl halides is 1. The first-order chi connectivity index (χ1) is 8.95. The van der Waals surface area contributed by atoms with Crippen LogP contribution in [0.3, 0.4) is 0 Å². The molecule has 0 bridgehead atoms. The minimum Gasteiger partial charge on any atom is -0.494 e. The highest BCUT2D eigenvalue weighted by atomic mass is 35.5. The Morgan fingerprint density at radius 1 is 1.53 bits per heavy atom. The van der Waals surface area contributed by atoms with Crippen LogP contribution in [0.15, 0.2) is 18.2 Å². The van der Waals surface area contributed by atoms with E-state index in [1.54, 1.807) is 0 Å². The Morgan fingerprint density at radius 2 is 2.21 bits per heavy atom. The van der Waals surface area contributed by atoms with E-state index in [1.807, 2.05) is 13.8 Å². The van der Waals surface area contributed by atoms with Gasteiger partial charge in [0.15, 0.2) is 11.6 Å². The molecule has 3 nitrogen and oxygen atoms in total. The van der Waals surface area contributed by atoms with Crippen molar-refractivity contribution in [3.63, 3.8) is 0 Å². The van der Waals surface area contributed by atoms with Crippen LogP contribution in [0.25, 0.3) is 0 Å². The molecule has 5 heteroatoms. The van der Waals surface area contributed by atoms with Crippen LogP contribution in [0.1, 0.15) is 37.0 Å². The molecule has 0 radical (unpaired) electrons. The van der Waals surface area contributed by atoms with Gasteiger partial charge in [0, 0.05) is 17.0 Å². The first-order valence-electron chi connectivity index (χ1n) is 6.17. The Labute approximate surface area is 118 Å². The molecule has 0 aromatic heterocycles. The van der Waals surface area contributed by atoms with E-state index >= 15 is 0 Å². The van der Waals surface area contributed by atoms with Crippen LogP contribution in [0.4, 0.5) is 4.39 Å². The number of carbonyl (C=O) groups is 1. The summed E-state index contributed by atoms with van der Waals surface area (Å²) in [4.78, 5) is 12.1. The maximum absolute atomic E-state index is 13.3. The molecular formula is C14H19ClFNO2. The molecule has 1 atom stereocenters. The number of hydrogen-bond donors (Lipinski definition) is 1. The zero-order chi connectivity index (χ0) is 14.5. The van der Waals surface area contributed by atoms with E-state index in [0.717, 1.165) is 6.42 Å². The van der Waals surface area contributed by atoms with Crippen molar-refractivity contribution in [3.05, 3.63) is 29.6 Å². The minimum atomic E-state index is -0.488. The molecule has 0 saturated carbocycles. The molecule has 0 aliphatic rings. The zero-order valence-corrected chi connectivity index (χ0v) is 12.2. The van der Waals surface area contributed by atoms with Gasteiger partial charge in [-0.15, -0.1) is 11.6 Å². The Morgan fingerprint density at radius 3 is 2.74 bits per heavy atom. The van der Waals surface area contributed by atoms with Crippen molar-refractivity contribution in [3.8, 4) is 5.75 Å². The molecule has 0 heterocycles. The molecule has 1 amide bonds. The summed E-state index contributed by atoms with van der Waals surface area (Å²) in [6, 6.07) is 4.05.